The highest BCUT2D eigenvalue weighted by Crippen LogP contribution is 2.31. The monoisotopic (exact) mass is 501 g/mol. The van der Waals surface area contributed by atoms with E-state index in [0.717, 1.165) is 54.5 Å². The molecule has 0 saturated carbocycles. The molecule has 1 heterocycles. The third kappa shape index (κ3) is 6.86. The molecule has 0 bridgehead atoms. The average molecular weight is 502 g/mol. The quantitative estimate of drug-likeness (QED) is 0.334. The van der Waals surface area contributed by atoms with Gasteiger partial charge in [0.25, 0.3) is 0 Å². The van der Waals surface area contributed by atoms with E-state index in [-0.39, 0.29) is 12.7 Å². The lowest BCUT2D eigenvalue weighted by atomic mass is 9.94. The fourth-order valence-corrected chi connectivity index (χ4v) is 5.40. The predicted octanol–water partition coefficient (Wildman–Crippen LogP) is 6.07. The molecule has 0 radical (unpaired) electrons. The van der Waals surface area contributed by atoms with Crippen molar-refractivity contribution >= 4 is 5.97 Å². The number of hydrogen-bond acceptors (Lipinski definition) is 4. The molecule has 1 fully saturated rings. The van der Waals surface area contributed by atoms with Gasteiger partial charge in [-0.15, -0.1) is 0 Å². The lowest BCUT2D eigenvalue weighted by Crippen LogP contribution is -2.39. The molecule has 4 rings (SSSR count). The molecular weight excluding hydrogens is 462 g/mol. The normalized spacial score (nSPS) is 17.6. The summed E-state index contributed by atoms with van der Waals surface area (Å²) in [6, 6.07) is 22.8. The van der Waals surface area contributed by atoms with E-state index in [2.05, 4.69) is 36.1 Å². The molecule has 5 nitrogen and oxygen atoms in total. The van der Waals surface area contributed by atoms with E-state index in [1.165, 1.54) is 11.1 Å². The van der Waals surface area contributed by atoms with Gasteiger partial charge in [0.1, 0.15) is 0 Å². The highest BCUT2D eigenvalue weighted by molar-refractivity contribution is 5.90. The number of hydrogen-bond donors (Lipinski definition) is 2. The van der Waals surface area contributed by atoms with Crippen molar-refractivity contribution < 1.29 is 19.7 Å². The van der Waals surface area contributed by atoms with Crippen molar-refractivity contribution in [3.05, 3.63) is 94.5 Å². The molecule has 1 aliphatic rings. The van der Waals surface area contributed by atoms with Gasteiger partial charge < -0.3 is 14.9 Å². The van der Waals surface area contributed by atoms with Crippen molar-refractivity contribution in [2.75, 3.05) is 19.7 Å². The Labute approximate surface area is 220 Å². The number of benzene rings is 3. The average Bonchev–Trinajstić information content (AvgIpc) is 3.33. The number of aliphatic hydroxyl groups is 1. The Morgan fingerprint density at radius 2 is 1.81 bits per heavy atom. The van der Waals surface area contributed by atoms with Crippen LogP contribution in [-0.2, 0) is 17.6 Å². The van der Waals surface area contributed by atoms with Crippen LogP contribution in [0.5, 0.6) is 0 Å². The number of aryl methyl sites for hydroxylation is 2. The Hall–Kier alpha value is -2.99. The highest BCUT2D eigenvalue weighted by Gasteiger charge is 2.27. The molecule has 2 N–H and O–H groups in total. The van der Waals surface area contributed by atoms with Crippen LogP contribution in [0.25, 0.3) is 11.1 Å². The van der Waals surface area contributed by atoms with Crippen LogP contribution in [-0.4, -0.2) is 52.9 Å². The zero-order chi connectivity index (χ0) is 26.4. The molecule has 3 aromatic rings. The lowest BCUT2D eigenvalue weighted by molar-refractivity contribution is -0.0169. The molecular formula is C32H39NO4. The first-order valence-electron chi connectivity index (χ1n) is 13.4. The molecule has 0 aliphatic carbocycles. The number of carbonyl (C=O) groups is 1. The molecule has 0 amide bonds. The molecule has 1 saturated heterocycles. The minimum absolute atomic E-state index is 0.211. The van der Waals surface area contributed by atoms with Gasteiger partial charge in [0.05, 0.1) is 24.4 Å². The number of ether oxygens (including phenoxy) is 1. The zero-order valence-electron chi connectivity index (χ0n) is 22.2. The molecule has 1 aliphatic heterocycles. The van der Waals surface area contributed by atoms with Crippen molar-refractivity contribution in [1.29, 1.82) is 0 Å². The summed E-state index contributed by atoms with van der Waals surface area (Å²) in [5.41, 5.74) is 6.75. The summed E-state index contributed by atoms with van der Waals surface area (Å²) < 4.78 is 6.16. The molecule has 0 unspecified atom stereocenters. The Morgan fingerprint density at radius 3 is 2.51 bits per heavy atom. The van der Waals surface area contributed by atoms with Crippen LogP contribution in [0.4, 0.5) is 0 Å². The largest absolute Gasteiger partial charge is 0.478 e. The van der Waals surface area contributed by atoms with Crippen LogP contribution in [0.3, 0.4) is 0 Å². The number of likely N-dealkylation sites (tertiary alicyclic amines) is 1. The summed E-state index contributed by atoms with van der Waals surface area (Å²) in [6.45, 7) is 7.89. The van der Waals surface area contributed by atoms with Gasteiger partial charge in [0.15, 0.2) is 0 Å². The topological polar surface area (TPSA) is 70.0 Å². The third-order valence-electron chi connectivity index (χ3n) is 7.55. The molecule has 37 heavy (non-hydrogen) atoms. The predicted molar refractivity (Wildman–Crippen MR) is 148 cm³/mol. The lowest BCUT2D eigenvalue weighted by Gasteiger charge is -2.28. The molecule has 5 heteroatoms. The van der Waals surface area contributed by atoms with Crippen LogP contribution in [0.1, 0.15) is 65.4 Å². The van der Waals surface area contributed by atoms with Crippen molar-refractivity contribution in [2.45, 2.75) is 64.7 Å². The van der Waals surface area contributed by atoms with E-state index in [4.69, 9.17) is 4.74 Å². The first-order chi connectivity index (χ1) is 17.9. The molecule has 3 aromatic carbocycles. The van der Waals surface area contributed by atoms with Gasteiger partial charge in [-0.25, -0.2) is 4.79 Å². The maximum absolute atomic E-state index is 11.4. The van der Waals surface area contributed by atoms with Gasteiger partial charge in [-0.2, -0.15) is 0 Å². The van der Waals surface area contributed by atoms with E-state index >= 15 is 0 Å². The van der Waals surface area contributed by atoms with Crippen LogP contribution in [0.15, 0.2) is 66.7 Å². The van der Waals surface area contributed by atoms with Crippen LogP contribution < -0.4 is 0 Å². The van der Waals surface area contributed by atoms with E-state index in [1.54, 1.807) is 6.07 Å². The van der Waals surface area contributed by atoms with Gasteiger partial charge in [0, 0.05) is 12.6 Å². The third-order valence-corrected chi connectivity index (χ3v) is 7.55. The van der Waals surface area contributed by atoms with E-state index < -0.39 is 12.1 Å². The minimum atomic E-state index is -0.919. The maximum Gasteiger partial charge on any atom is 0.335 e. The van der Waals surface area contributed by atoms with Gasteiger partial charge in [-0.1, -0.05) is 67.6 Å². The van der Waals surface area contributed by atoms with Gasteiger partial charge in [0.2, 0.25) is 0 Å². The maximum atomic E-state index is 11.4. The molecule has 0 spiro atoms. The van der Waals surface area contributed by atoms with Crippen molar-refractivity contribution in [3.63, 3.8) is 0 Å². The van der Waals surface area contributed by atoms with Gasteiger partial charge in [-0.3, -0.25) is 4.90 Å². The summed E-state index contributed by atoms with van der Waals surface area (Å²) in [4.78, 5) is 13.8. The Kier molecular flexibility index (Phi) is 9.14. The number of nitrogens with zero attached hydrogens (tertiary/aromatic N) is 1. The van der Waals surface area contributed by atoms with Crippen LogP contribution >= 0.6 is 0 Å². The number of β-amino-alcohol motifs (C(OH)–C–C–N with tert-alkyl or cyclic N) is 1. The Bertz CT molecular complexity index is 1190. The summed E-state index contributed by atoms with van der Waals surface area (Å²) >= 11 is 0. The zero-order valence-corrected chi connectivity index (χ0v) is 22.2. The smallest absolute Gasteiger partial charge is 0.335 e. The SMILES string of the molecule is CCc1ccc(C[C@@H]2CCCN2C[C@@H](O)CO[C@H](C)c2ccccc2-c2ccc(C(=O)O)c(C)c2)cc1. The minimum Gasteiger partial charge on any atom is -0.478 e. The highest BCUT2D eigenvalue weighted by atomic mass is 16.5. The molecule has 196 valence electrons. The van der Waals surface area contributed by atoms with Gasteiger partial charge >= 0.3 is 5.97 Å². The summed E-state index contributed by atoms with van der Waals surface area (Å²) in [7, 11) is 0. The van der Waals surface area contributed by atoms with Gasteiger partial charge in [-0.05, 0) is 85.5 Å². The Morgan fingerprint density at radius 1 is 1.08 bits per heavy atom. The summed E-state index contributed by atoms with van der Waals surface area (Å²) in [6.07, 6.45) is 3.62. The second kappa shape index (κ2) is 12.5. The Balaban J connectivity index is 1.35. The van der Waals surface area contributed by atoms with E-state index in [9.17, 15) is 15.0 Å². The number of aliphatic hydroxyl groups excluding tert-OH is 1. The fraction of sp³-hybridized carbons (Fsp3) is 0.406. The fourth-order valence-electron chi connectivity index (χ4n) is 5.40. The van der Waals surface area contributed by atoms with E-state index in [0.29, 0.717) is 18.2 Å². The van der Waals surface area contributed by atoms with Crippen LogP contribution in [0, 0.1) is 6.92 Å². The number of carboxylic acid groups (broad SMARTS) is 1. The van der Waals surface area contributed by atoms with Crippen molar-refractivity contribution in [1.82, 2.24) is 4.90 Å². The van der Waals surface area contributed by atoms with Crippen molar-refractivity contribution in [2.24, 2.45) is 0 Å². The second-order valence-corrected chi connectivity index (χ2v) is 10.2. The summed E-state index contributed by atoms with van der Waals surface area (Å²) in [5.74, 6) is -0.919. The first-order valence-corrected chi connectivity index (χ1v) is 13.4. The van der Waals surface area contributed by atoms with Crippen LogP contribution in [0.2, 0.25) is 0 Å². The van der Waals surface area contributed by atoms with Crippen molar-refractivity contribution in [3.8, 4) is 11.1 Å². The molecule has 3 atom stereocenters. The second-order valence-electron chi connectivity index (χ2n) is 10.2. The first kappa shape index (κ1) is 27.1. The standard InChI is InChI=1S/C32H39NO4/c1-4-24-11-13-25(14-12-24)19-27-8-7-17-33(27)20-28(34)21-37-23(3)30-9-5-6-10-31(30)26-15-16-29(32(35)36)22(2)18-26/h5-6,9-16,18,23,27-28,34H,4,7-8,17,19-21H2,1-3H3,(H,35,36)/t23-,27+,28-/m1/s1. The summed E-state index contributed by atoms with van der Waals surface area (Å²) in [5, 5.41) is 20.2. The number of carboxylic acids is 1. The van der Waals surface area contributed by atoms with E-state index in [1.807, 2.05) is 50.2 Å². The number of aromatic carboxylic acids is 1. The molecule has 0 aromatic heterocycles. The number of rotatable bonds is 11.